The fraction of sp³-hybridized carbons (Fsp3) is 0.391. The highest BCUT2D eigenvalue weighted by atomic mass is 35.5. The minimum absolute atomic E-state index is 0. The van der Waals surface area contributed by atoms with Gasteiger partial charge in [0.25, 0.3) is 0 Å². The number of alkyl halides is 3. The van der Waals surface area contributed by atoms with Gasteiger partial charge < -0.3 is 9.47 Å². The molecule has 7 nitrogen and oxygen atoms in total. The number of nitrogens with one attached hydrogen (secondary N) is 1. The van der Waals surface area contributed by atoms with Gasteiger partial charge >= 0.3 is 6.18 Å². The first-order valence-electron chi connectivity index (χ1n) is 11.0. The number of benzene rings is 1. The number of rotatable bonds is 4. The highest BCUT2D eigenvalue weighted by molar-refractivity contribution is 5.86. The van der Waals surface area contributed by atoms with Gasteiger partial charge in [-0.05, 0) is 38.8 Å². The molecule has 0 spiro atoms. The topological polar surface area (TPSA) is 75.5 Å². The van der Waals surface area contributed by atoms with Gasteiger partial charge in [0.15, 0.2) is 5.65 Å². The lowest BCUT2D eigenvalue weighted by Crippen LogP contribution is -2.34. The number of H-pyrrole nitrogens is 1. The van der Waals surface area contributed by atoms with Crippen LogP contribution >= 0.6 is 12.4 Å². The Bertz CT molecular complexity index is 1270. The molecular formula is C23H25ClF3N7. The summed E-state index contributed by atoms with van der Waals surface area (Å²) in [5.41, 5.74) is 1.10. The molecule has 1 aliphatic heterocycles. The van der Waals surface area contributed by atoms with Gasteiger partial charge in [-0.3, -0.25) is 5.10 Å². The van der Waals surface area contributed by atoms with Crippen LogP contribution in [0.3, 0.4) is 0 Å². The number of nitrogens with zero attached hydrogens (tertiary/aromatic N) is 6. The molecule has 0 amide bonds. The molecule has 3 aromatic heterocycles. The molecule has 0 radical (unpaired) electrons. The first-order chi connectivity index (χ1) is 15.8. The summed E-state index contributed by atoms with van der Waals surface area (Å²) >= 11 is 0. The third-order valence-corrected chi connectivity index (χ3v) is 6.19. The third kappa shape index (κ3) is 4.46. The van der Waals surface area contributed by atoms with Crippen LogP contribution in [0.25, 0.3) is 22.3 Å². The van der Waals surface area contributed by atoms with Gasteiger partial charge in [0.2, 0.25) is 0 Å². The Morgan fingerprint density at radius 3 is 2.59 bits per heavy atom. The van der Waals surface area contributed by atoms with Crippen LogP contribution in [-0.2, 0) is 6.18 Å². The van der Waals surface area contributed by atoms with Gasteiger partial charge in [-0.25, -0.2) is 15.0 Å². The molecule has 180 valence electrons. The molecule has 4 aromatic rings. The van der Waals surface area contributed by atoms with Crippen LogP contribution in [-0.4, -0.2) is 42.8 Å². The minimum atomic E-state index is -4.38. The smallest absolute Gasteiger partial charge is 0.356 e. The number of fused-ring (bicyclic) bond motifs is 1. The average Bonchev–Trinajstić information content (AvgIpc) is 3.46. The summed E-state index contributed by atoms with van der Waals surface area (Å²) in [7, 11) is 0. The summed E-state index contributed by atoms with van der Waals surface area (Å²) in [5.74, 6) is 2.00. The molecule has 1 fully saturated rings. The van der Waals surface area contributed by atoms with E-state index in [2.05, 4.69) is 43.5 Å². The Hall–Kier alpha value is -3.14. The van der Waals surface area contributed by atoms with Crippen molar-refractivity contribution in [2.24, 2.45) is 0 Å². The summed E-state index contributed by atoms with van der Waals surface area (Å²) in [6, 6.07) is 5.52. The minimum Gasteiger partial charge on any atom is -0.356 e. The standard InChI is InChI=1S/C23H24F3N7.ClH/c1-14(2)33-12-19(16-4-3-5-17(10-16)23(24,25)26)30-21(33)15-6-8-32(9-7-15)22-18-11-29-31-20(18)27-13-28-22;/h3-5,10-15H,6-9H2,1-2H3,(H,27,28,29,31);1H. The quantitative estimate of drug-likeness (QED) is 0.401. The van der Waals surface area contributed by atoms with Gasteiger partial charge in [0, 0.05) is 36.8 Å². The van der Waals surface area contributed by atoms with E-state index in [1.165, 1.54) is 18.5 Å². The second-order valence-electron chi connectivity index (χ2n) is 8.65. The largest absolute Gasteiger partial charge is 0.416 e. The average molecular weight is 492 g/mol. The van der Waals surface area contributed by atoms with E-state index >= 15 is 0 Å². The molecular weight excluding hydrogens is 467 g/mol. The van der Waals surface area contributed by atoms with Crippen molar-refractivity contribution in [2.45, 2.75) is 44.8 Å². The first kappa shape index (κ1) is 24.0. The van der Waals surface area contributed by atoms with E-state index in [1.807, 2.05) is 6.20 Å². The van der Waals surface area contributed by atoms with E-state index in [1.54, 1.807) is 12.3 Å². The normalized spacial score (nSPS) is 15.2. The van der Waals surface area contributed by atoms with Crippen molar-refractivity contribution in [3.63, 3.8) is 0 Å². The molecule has 11 heteroatoms. The van der Waals surface area contributed by atoms with Crippen LogP contribution in [0.2, 0.25) is 0 Å². The predicted octanol–water partition coefficient (Wildman–Crippen LogP) is 5.62. The number of halogens is 4. The Morgan fingerprint density at radius 2 is 1.88 bits per heavy atom. The van der Waals surface area contributed by atoms with Gasteiger partial charge in [0.05, 0.1) is 22.8 Å². The van der Waals surface area contributed by atoms with E-state index in [0.29, 0.717) is 16.9 Å². The fourth-order valence-corrected chi connectivity index (χ4v) is 4.47. The number of anilines is 1. The van der Waals surface area contributed by atoms with Crippen molar-refractivity contribution >= 4 is 29.3 Å². The lowest BCUT2D eigenvalue weighted by Gasteiger charge is -2.33. The molecule has 0 atom stereocenters. The van der Waals surface area contributed by atoms with Crippen molar-refractivity contribution in [3.05, 3.63) is 54.4 Å². The van der Waals surface area contributed by atoms with E-state index in [0.717, 1.165) is 49.0 Å². The van der Waals surface area contributed by atoms with Gasteiger partial charge in [-0.2, -0.15) is 18.3 Å². The van der Waals surface area contributed by atoms with Crippen LogP contribution in [0.1, 0.15) is 50.0 Å². The predicted molar refractivity (Wildman–Crippen MR) is 126 cm³/mol. The van der Waals surface area contributed by atoms with E-state index in [9.17, 15) is 13.2 Å². The first-order valence-corrected chi connectivity index (χ1v) is 11.0. The molecule has 1 saturated heterocycles. The lowest BCUT2D eigenvalue weighted by atomic mass is 9.95. The third-order valence-electron chi connectivity index (χ3n) is 6.19. The highest BCUT2D eigenvalue weighted by Crippen LogP contribution is 2.36. The maximum Gasteiger partial charge on any atom is 0.416 e. The summed E-state index contributed by atoms with van der Waals surface area (Å²) in [6.45, 7) is 5.72. The Balaban J connectivity index is 0.00000274. The summed E-state index contributed by atoms with van der Waals surface area (Å²) in [5, 5.41) is 7.83. The highest BCUT2D eigenvalue weighted by Gasteiger charge is 2.31. The summed E-state index contributed by atoms with van der Waals surface area (Å²) in [6.07, 6.45) is 2.51. The van der Waals surface area contributed by atoms with Gasteiger partial charge in [0.1, 0.15) is 18.0 Å². The number of piperidine rings is 1. The molecule has 0 saturated carbocycles. The molecule has 0 unspecified atom stereocenters. The Morgan fingerprint density at radius 1 is 1.12 bits per heavy atom. The van der Waals surface area contributed by atoms with Crippen LogP contribution < -0.4 is 4.90 Å². The number of imidazole rings is 1. The van der Waals surface area contributed by atoms with Crippen molar-refractivity contribution in [1.29, 1.82) is 0 Å². The van der Waals surface area contributed by atoms with Gasteiger partial charge in [-0.1, -0.05) is 12.1 Å². The summed E-state index contributed by atoms with van der Waals surface area (Å²) < 4.78 is 41.7. The van der Waals surface area contributed by atoms with E-state index in [4.69, 9.17) is 4.98 Å². The van der Waals surface area contributed by atoms with Crippen LogP contribution in [0.15, 0.2) is 43.0 Å². The van der Waals surface area contributed by atoms with Crippen molar-refractivity contribution in [2.75, 3.05) is 18.0 Å². The molecule has 5 rings (SSSR count). The lowest BCUT2D eigenvalue weighted by molar-refractivity contribution is -0.137. The van der Waals surface area contributed by atoms with E-state index in [-0.39, 0.29) is 24.4 Å². The number of hydrogen-bond donors (Lipinski definition) is 1. The summed E-state index contributed by atoms with van der Waals surface area (Å²) in [4.78, 5) is 15.7. The zero-order valence-electron chi connectivity index (χ0n) is 18.8. The maximum absolute atomic E-state index is 13.2. The molecule has 0 aliphatic carbocycles. The monoisotopic (exact) mass is 491 g/mol. The molecule has 1 N–H and O–H groups in total. The van der Waals surface area contributed by atoms with Crippen LogP contribution in [0.4, 0.5) is 19.0 Å². The second-order valence-corrected chi connectivity index (χ2v) is 8.65. The van der Waals surface area contributed by atoms with Crippen molar-refractivity contribution < 1.29 is 13.2 Å². The number of aromatic amines is 1. The fourth-order valence-electron chi connectivity index (χ4n) is 4.47. The number of aromatic nitrogens is 6. The molecule has 0 bridgehead atoms. The molecule has 4 heterocycles. The maximum atomic E-state index is 13.2. The number of hydrogen-bond acceptors (Lipinski definition) is 5. The van der Waals surface area contributed by atoms with Crippen LogP contribution in [0.5, 0.6) is 0 Å². The molecule has 1 aliphatic rings. The van der Waals surface area contributed by atoms with E-state index < -0.39 is 11.7 Å². The van der Waals surface area contributed by atoms with Crippen LogP contribution in [0, 0.1) is 0 Å². The second kappa shape index (κ2) is 9.25. The Labute approximate surface area is 200 Å². The molecule has 1 aromatic carbocycles. The van der Waals surface area contributed by atoms with Crippen molar-refractivity contribution in [3.8, 4) is 11.3 Å². The zero-order chi connectivity index (χ0) is 23.2. The van der Waals surface area contributed by atoms with Crippen molar-refractivity contribution in [1.82, 2.24) is 29.7 Å². The van der Waals surface area contributed by atoms with Gasteiger partial charge in [-0.15, -0.1) is 12.4 Å². The zero-order valence-corrected chi connectivity index (χ0v) is 19.6. The SMILES string of the molecule is CC(C)n1cc(-c2cccc(C(F)(F)F)c2)nc1C1CCN(c2ncnc3[nH]ncc23)CC1.Cl. The molecule has 34 heavy (non-hydrogen) atoms. The Kier molecular flexibility index (Phi) is 6.53.